The molecule has 0 radical (unpaired) electrons. The normalized spacial score (nSPS) is 11.0. The number of nitrogens with one attached hydrogen (secondary N) is 1. The summed E-state index contributed by atoms with van der Waals surface area (Å²) in [4.78, 5) is 21.4. The van der Waals surface area contributed by atoms with Crippen LogP contribution in [0.15, 0.2) is 53.9 Å². The standard InChI is InChI=1S/C21H19N3OS2/c1-14-6-8-15(9-7-14)21-23-16(13-26-21)12-19(25)22-11-10-20-24-17-4-2-3-5-18(17)27-20/h2-9,13H,10-12H2,1H3,(H,22,25). The lowest BCUT2D eigenvalue weighted by Gasteiger charge is -2.02. The number of rotatable bonds is 6. The van der Waals surface area contributed by atoms with Gasteiger partial charge in [0.25, 0.3) is 0 Å². The Morgan fingerprint density at radius 1 is 1.07 bits per heavy atom. The summed E-state index contributed by atoms with van der Waals surface area (Å²) < 4.78 is 1.19. The van der Waals surface area contributed by atoms with Gasteiger partial charge >= 0.3 is 0 Å². The van der Waals surface area contributed by atoms with Gasteiger partial charge in [-0.05, 0) is 19.1 Å². The van der Waals surface area contributed by atoms with Crippen molar-refractivity contribution in [1.29, 1.82) is 0 Å². The van der Waals surface area contributed by atoms with E-state index in [4.69, 9.17) is 0 Å². The maximum atomic E-state index is 12.2. The van der Waals surface area contributed by atoms with Crippen LogP contribution in [0.25, 0.3) is 20.8 Å². The van der Waals surface area contributed by atoms with Gasteiger partial charge in [-0.25, -0.2) is 9.97 Å². The van der Waals surface area contributed by atoms with E-state index < -0.39 is 0 Å². The number of aryl methyl sites for hydroxylation is 1. The van der Waals surface area contributed by atoms with Gasteiger partial charge in [0.15, 0.2) is 0 Å². The lowest BCUT2D eigenvalue weighted by molar-refractivity contribution is -0.120. The van der Waals surface area contributed by atoms with Crippen molar-refractivity contribution in [2.24, 2.45) is 0 Å². The van der Waals surface area contributed by atoms with Crippen LogP contribution in [-0.4, -0.2) is 22.4 Å². The number of hydrogen-bond donors (Lipinski definition) is 1. The molecular formula is C21H19N3OS2. The van der Waals surface area contributed by atoms with Gasteiger partial charge in [-0.15, -0.1) is 22.7 Å². The van der Waals surface area contributed by atoms with Gasteiger partial charge in [0.1, 0.15) is 5.01 Å². The van der Waals surface area contributed by atoms with Crippen molar-refractivity contribution in [2.45, 2.75) is 19.8 Å². The van der Waals surface area contributed by atoms with Crippen LogP contribution in [0.5, 0.6) is 0 Å². The van der Waals surface area contributed by atoms with Crippen molar-refractivity contribution < 1.29 is 4.79 Å². The minimum Gasteiger partial charge on any atom is -0.355 e. The number of carbonyl (C=O) groups is 1. The topological polar surface area (TPSA) is 54.9 Å². The monoisotopic (exact) mass is 393 g/mol. The number of hydrogen-bond acceptors (Lipinski definition) is 5. The van der Waals surface area contributed by atoms with E-state index in [1.807, 2.05) is 23.6 Å². The van der Waals surface area contributed by atoms with Gasteiger partial charge in [-0.1, -0.05) is 42.0 Å². The summed E-state index contributed by atoms with van der Waals surface area (Å²) in [7, 11) is 0. The molecular weight excluding hydrogens is 374 g/mol. The number of amides is 1. The van der Waals surface area contributed by atoms with Crippen molar-refractivity contribution in [1.82, 2.24) is 15.3 Å². The van der Waals surface area contributed by atoms with Crippen LogP contribution < -0.4 is 5.32 Å². The van der Waals surface area contributed by atoms with E-state index in [0.717, 1.165) is 33.2 Å². The first-order valence-corrected chi connectivity index (χ1v) is 10.5. The van der Waals surface area contributed by atoms with E-state index in [0.29, 0.717) is 13.0 Å². The molecule has 0 unspecified atom stereocenters. The molecule has 136 valence electrons. The Balaban J connectivity index is 1.30. The lowest BCUT2D eigenvalue weighted by atomic mass is 10.2. The van der Waals surface area contributed by atoms with E-state index in [-0.39, 0.29) is 5.91 Å². The van der Waals surface area contributed by atoms with Crippen molar-refractivity contribution in [3.8, 4) is 10.6 Å². The molecule has 0 bridgehead atoms. The predicted molar refractivity (Wildman–Crippen MR) is 112 cm³/mol. The van der Waals surface area contributed by atoms with Gasteiger partial charge in [-0.3, -0.25) is 4.79 Å². The average Bonchev–Trinajstić information content (AvgIpc) is 3.29. The maximum absolute atomic E-state index is 12.2. The molecule has 27 heavy (non-hydrogen) atoms. The largest absolute Gasteiger partial charge is 0.355 e. The first kappa shape index (κ1) is 17.8. The van der Waals surface area contributed by atoms with Gasteiger partial charge in [0.05, 0.1) is 27.3 Å². The summed E-state index contributed by atoms with van der Waals surface area (Å²) in [6, 6.07) is 16.4. The third-order valence-electron chi connectivity index (χ3n) is 4.19. The molecule has 0 aliphatic rings. The van der Waals surface area contributed by atoms with Crippen molar-refractivity contribution >= 4 is 38.8 Å². The lowest BCUT2D eigenvalue weighted by Crippen LogP contribution is -2.27. The minimum atomic E-state index is -0.00290. The molecule has 1 amide bonds. The van der Waals surface area contributed by atoms with Crippen LogP contribution in [0.1, 0.15) is 16.3 Å². The highest BCUT2D eigenvalue weighted by molar-refractivity contribution is 7.18. The summed E-state index contributed by atoms with van der Waals surface area (Å²) in [6.07, 6.45) is 1.05. The predicted octanol–water partition coefficient (Wildman–Crippen LogP) is 4.63. The summed E-state index contributed by atoms with van der Waals surface area (Å²) >= 11 is 3.26. The van der Waals surface area contributed by atoms with Crippen LogP contribution in [0.4, 0.5) is 0 Å². The Kier molecular flexibility index (Phi) is 5.27. The van der Waals surface area contributed by atoms with Crippen molar-refractivity contribution in [3.05, 3.63) is 70.2 Å². The number of nitrogens with zero attached hydrogens (tertiary/aromatic N) is 2. The third-order valence-corrected chi connectivity index (χ3v) is 6.23. The molecule has 2 aromatic carbocycles. The minimum absolute atomic E-state index is 0.00290. The molecule has 4 rings (SSSR count). The summed E-state index contributed by atoms with van der Waals surface area (Å²) in [5.74, 6) is -0.00290. The van der Waals surface area contributed by atoms with Crippen LogP contribution in [0.2, 0.25) is 0 Å². The molecule has 0 saturated carbocycles. The third kappa shape index (κ3) is 4.40. The van der Waals surface area contributed by atoms with E-state index in [2.05, 4.69) is 52.5 Å². The molecule has 0 fully saturated rings. The molecule has 0 aliphatic carbocycles. The fraction of sp³-hybridized carbons (Fsp3) is 0.190. The highest BCUT2D eigenvalue weighted by Gasteiger charge is 2.09. The van der Waals surface area contributed by atoms with Crippen molar-refractivity contribution in [3.63, 3.8) is 0 Å². The number of carbonyl (C=O) groups excluding carboxylic acids is 1. The quantitative estimate of drug-likeness (QED) is 0.520. The second-order valence-corrected chi connectivity index (χ2v) is 8.34. The second-order valence-electron chi connectivity index (χ2n) is 6.36. The zero-order chi connectivity index (χ0) is 18.6. The molecule has 0 saturated heterocycles. The number of para-hydroxylation sites is 1. The number of fused-ring (bicyclic) bond motifs is 1. The van der Waals surface area contributed by atoms with Crippen LogP contribution in [-0.2, 0) is 17.6 Å². The zero-order valence-electron chi connectivity index (χ0n) is 14.9. The Hall–Kier alpha value is -2.57. The number of benzene rings is 2. The van der Waals surface area contributed by atoms with Gasteiger partial charge in [0, 0.05) is 23.9 Å². The first-order chi connectivity index (χ1) is 13.2. The Morgan fingerprint density at radius 3 is 2.70 bits per heavy atom. The molecule has 2 heterocycles. The molecule has 1 N–H and O–H groups in total. The highest BCUT2D eigenvalue weighted by Crippen LogP contribution is 2.24. The van der Waals surface area contributed by atoms with Gasteiger partial charge in [0.2, 0.25) is 5.91 Å². The maximum Gasteiger partial charge on any atom is 0.226 e. The van der Waals surface area contributed by atoms with E-state index in [1.54, 1.807) is 22.7 Å². The van der Waals surface area contributed by atoms with E-state index >= 15 is 0 Å². The van der Waals surface area contributed by atoms with Gasteiger partial charge in [-0.2, -0.15) is 0 Å². The zero-order valence-corrected chi connectivity index (χ0v) is 16.6. The van der Waals surface area contributed by atoms with Crippen LogP contribution in [0, 0.1) is 6.92 Å². The smallest absolute Gasteiger partial charge is 0.226 e. The van der Waals surface area contributed by atoms with Crippen molar-refractivity contribution in [2.75, 3.05) is 6.54 Å². The molecule has 4 nitrogen and oxygen atoms in total. The fourth-order valence-corrected chi connectivity index (χ4v) is 4.57. The van der Waals surface area contributed by atoms with E-state index in [9.17, 15) is 4.79 Å². The highest BCUT2D eigenvalue weighted by atomic mass is 32.1. The van der Waals surface area contributed by atoms with Crippen LogP contribution >= 0.6 is 22.7 Å². The summed E-state index contributed by atoms with van der Waals surface area (Å²) in [5.41, 5.74) is 4.15. The summed E-state index contributed by atoms with van der Waals surface area (Å²) in [6.45, 7) is 2.66. The number of aromatic nitrogens is 2. The molecule has 2 aromatic heterocycles. The number of thiazole rings is 2. The molecule has 4 aromatic rings. The molecule has 6 heteroatoms. The summed E-state index contributed by atoms with van der Waals surface area (Å²) in [5, 5.41) is 6.93. The Bertz CT molecular complexity index is 1030. The second kappa shape index (κ2) is 7.98. The first-order valence-electron chi connectivity index (χ1n) is 8.80. The molecule has 0 aliphatic heterocycles. The Morgan fingerprint density at radius 2 is 1.89 bits per heavy atom. The van der Waals surface area contributed by atoms with Crippen LogP contribution in [0.3, 0.4) is 0 Å². The average molecular weight is 394 g/mol. The van der Waals surface area contributed by atoms with Gasteiger partial charge < -0.3 is 5.32 Å². The van der Waals surface area contributed by atoms with E-state index in [1.165, 1.54) is 10.3 Å². The fourth-order valence-electron chi connectivity index (χ4n) is 2.78. The SMILES string of the molecule is Cc1ccc(-c2nc(CC(=O)NCCc3nc4ccccc4s3)cs2)cc1. The molecule has 0 spiro atoms. The molecule has 0 atom stereocenters. The Labute approximate surface area is 165 Å².